The van der Waals surface area contributed by atoms with Gasteiger partial charge in [-0.3, -0.25) is 4.79 Å². The van der Waals surface area contributed by atoms with Crippen molar-refractivity contribution in [3.05, 3.63) is 29.3 Å². The molecule has 2 fully saturated rings. The minimum Gasteiger partial charge on any atom is -0.491 e. The molecule has 7 heteroatoms. The minimum atomic E-state index is -3.23. The predicted molar refractivity (Wildman–Crippen MR) is 103 cm³/mol. The topological polar surface area (TPSA) is 66.9 Å². The predicted octanol–water partition coefficient (Wildman–Crippen LogP) is 2.52. The molecule has 2 saturated carbocycles. The first kappa shape index (κ1) is 18.7. The number of carbonyl (C=O) groups is 1. The van der Waals surface area contributed by atoms with Gasteiger partial charge in [-0.1, -0.05) is 6.07 Å². The Morgan fingerprint density at radius 3 is 2.63 bits per heavy atom. The van der Waals surface area contributed by atoms with Crippen LogP contribution in [-0.4, -0.2) is 48.5 Å². The molecular formula is C20H28N2O4S. The van der Waals surface area contributed by atoms with Crippen molar-refractivity contribution in [3.63, 3.8) is 0 Å². The van der Waals surface area contributed by atoms with Crippen LogP contribution in [0.25, 0.3) is 0 Å². The second-order valence-corrected chi connectivity index (χ2v) is 10.2. The zero-order valence-corrected chi connectivity index (χ0v) is 16.9. The Kier molecular flexibility index (Phi) is 4.93. The van der Waals surface area contributed by atoms with E-state index in [0.717, 1.165) is 42.6 Å². The summed E-state index contributed by atoms with van der Waals surface area (Å²) in [6, 6.07) is 6.02. The molecule has 1 aliphatic heterocycles. The zero-order valence-electron chi connectivity index (χ0n) is 16.1. The lowest BCUT2D eigenvalue weighted by Gasteiger charge is -2.26. The van der Waals surface area contributed by atoms with Crippen molar-refractivity contribution in [2.45, 2.75) is 64.2 Å². The monoisotopic (exact) mass is 392 g/mol. The van der Waals surface area contributed by atoms with Gasteiger partial charge in [0.1, 0.15) is 12.4 Å². The molecule has 1 heterocycles. The molecule has 6 nitrogen and oxygen atoms in total. The first-order chi connectivity index (χ1) is 12.8. The number of amides is 1. The number of ether oxygens (including phenoxy) is 1. The van der Waals surface area contributed by atoms with E-state index in [2.05, 4.69) is 0 Å². The highest BCUT2D eigenvalue weighted by atomic mass is 32.2. The molecular weight excluding hydrogens is 364 g/mol. The third kappa shape index (κ3) is 4.46. The van der Waals surface area contributed by atoms with Crippen LogP contribution in [0, 0.1) is 5.92 Å². The summed E-state index contributed by atoms with van der Waals surface area (Å²) in [5.74, 6) is 1.55. The molecule has 0 N–H and O–H groups in total. The van der Waals surface area contributed by atoms with E-state index in [1.165, 1.54) is 6.26 Å². The van der Waals surface area contributed by atoms with Gasteiger partial charge in [-0.05, 0) is 56.2 Å². The summed E-state index contributed by atoms with van der Waals surface area (Å²) in [5.41, 5.74) is 1.91. The van der Waals surface area contributed by atoms with Gasteiger partial charge in [0, 0.05) is 31.1 Å². The highest BCUT2D eigenvalue weighted by Gasteiger charge is 2.35. The lowest BCUT2D eigenvalue weighted by atomic mass is 10.1. The van der Waals surface area contributed by atoms with Gasteiger partial charge in [0.05, 0.1) is 12.3 Å². The van der Waals surface area contributed by atoms with Crippen molar-refractivity contribution >= 4 is 15.9 Å². The molecule has 4 rings (SSSR count). The second-order valence-electron chi connectivity index (χ2n) is 8.31. The van der Waals surface area contributed by atoms with Gasteiger partial charge in [-0.15, -0.1) is 0 Å². The van der Waals surface area contributed by atoms with Crippen molar-refractivity contribution in [1.82, 2.24) is 9.21 Å². The van der Waals surface area contributed by atoms with E-state index >= 15 is 0 Å². The molecule has 0 radical (unpaired) electrons. The maximum absolute atomic E-state index is 12.7. The third-order valence-corrected chi connectivity index (χ3v) is 6.96. The van der Waals surface area contributed by atoms with Gasteiger partial charge in [0.15, 0.2) is 0 Å². The minimum absolute atomic E-state index is 0.0334. The number of hydrogen-bond donors (Lipinski definition) is 0. The van der Waals surface area contributed by atoms with Crippen LogP contribution in [0.5, 0.6) is 5.75 Å². The lowest BCUT2D eigenvalue weighted by Crippen LogP contribution is -2.40. The SMILES string of the molecule is CC1COc2ccc(CN(C3CC3)S(C)(=O)=O)cc2CN1C(=O)CC1CC1. The summed E-state index contributed by atoms with van der Waals surface area (Å²) < 4.78 is 31.7. The third-order valence-electron chi connectivity index (χ3n) is 5.68. The molecule has 27 heavy (non-hydrogen) atoms. The summed E-state index contributed by atoms with van der Waals surface area (Å²) in [6.07, 6.45) is 6.09. The highest BCUT2D eigenvalue weighted by molar-refractivity contribution is 7.88. The van der Waals surface area contributed by atoms with E-state index in [1.807, 2.05) is 30.0 Å². The Hall–Kier alpha value is -1.60. The van der Waals surface area contributed by atoms with Crippen LogP contribution in [-0.2, 0) is 27.9 Å². The molecule has 3 aliphatic rings. The van der Waals surface area contributed by atoms with E-state index in [-0.39, 0.29) is 18.0 Å². The van der Waals surface area contributed by atoms with E-state index in [9.17, 15) is 13.2 Å². The Bertz CT molecular complexity index is 830. The molecule has 1 unspecified atom stereocenters. The summed E-state index contributed by atoms with van der Waals surface area (Å²) >= 11 is 0. The quantitative estimate of drug-likeness (QED) is 0.746. The Labute approximate surface area is 161 Å². The number of rotatable bonds is 6. The average molecular weight is 393 g/mol. The van der Waals surface area contributed by atoms with Crippen molar-refractivity contribution in [3.8, 4) is 5.75 Å². The van der Waals surface area contributed by atoms with Crippen LogP contribution in [0.15, 0.2) is 18.2 Å². The van der Waals surface area contributed by atoms with Crippen LogP contribution in [0.2, 0.25) is 0 Å². The zero-order chi connectivity index (χ0) is 19.2. The van der Waals surface area contributed by atoms with Crippen molar-refractivity contribution in [2.24, 2.45) is 5.92 Å². The maximum atomic E-state index is 12.7. The van der Waals surface area contributed by atoms with E-state index in [1.54, 1.807) is 4.31 Å². The number of carbonyl (C=O) groups excluding carboxylic acids is 1. The number of sulfonamides is 1. The fourth-order valence-corrected chi connectivity index (χ4v) is 4.85. The van der Waals surface area contributed by atoms with Gasteiger partial charge in [0.2, 0.25) is 15.9 Å². The smallest absolute Gasteiger partial charge is 0.223 e. The Balaban J connectivity index is 1.54. The second kappa shape index (κ2) is 7.09. The Morgan fingerprint density at radius 2 is 2.00 bits per heavy atom. The van der Waals surface area contributed by atoms with Crippen LogP contribution in [0.3, 0.4) is 0 Å². The molecule has 1 atom stereocenters. The van der Waals surface area contributed by atoms with Crippen LogP contribution in [0.4, 0.5) is 0 Å². The molecule has 1 amide bonds. The molecule has 0 spiro atoms. The summed E-state index contributed by atoms with van der Waals surface area (Å²) in [4.78, 5) is 14.6. The number of hydrogen-bond acceptors (Lipinski definition) is 4. The van der Waals surface area contributed by atoms with Crippen LogP contribution >= 0.6 is 0 Å². The fourth-order valence-electron chi connectivity index (χ4n) is 3.71. The van der Waals surface area contributed by atoms with E-state index in [4.69, 9.17) is 4.74 Å². The fraction of sp³-hybridized carbons (Fsp3) is 0.650. The number of fused-ring (bicyclic) bond motifs is 1. The summed E-state index contributed by atoms with van der Waals surface area (Å²) in [6.45, 7) is 3.41. The Morgan fingerprint density at radius 1 is 1.26 bits per heavy atom. The first-order valence-electron chi connectivity index (χ1n) is 9.82. The first-order valence-corrected chi connectivity index (χ1v) is 11.7. The summed E-state index contributed by atoms with van der Waals surface area (Å²) in [5, 5.41) is 0. The molecule has 148 valence electrons. The average Bonchev–Trinajstić information content (AvgIpc) is 3.47. The van der Waals surface area contributed by atoms with E-state index < -0.39 is 10.0 Å². The largest absolute Gasteiger partial charge is 0.491 e. The molecule has 1 aromatic rings. The lowest BCUT2D eigenvalue weighted by molar-refractivity contribution is -0.134. The van der Waals surface area contributed by atoms with Crippen molar-refractivity contribution in [1.29, 1.82) is 0 Å². The summed E-state index contributed by atoms with van der Waals surface area (Å²) in [7, 11) is -3.23. The standard InChI is InChI=1S/C20H28N2O4S/c1-14-13-26-19-8-5-16(11-22(18-6-7-18)27(2,24)25)9-17(19)12-21(14)20(23)10-15-3-4-15/h5,8-9,14-15,18H,3-4,6-7,10-13H2,1-2H3. The van der Waals surface area contributed by atoms with Crippen molar-refractivity contribution in [2.75, 3.05) is 12.9 Å². The molecule has 2 aliphatic carbocycles. The molecule has 0 bridgehead atoms. The van der Waals surface area contributed by atoms with Gasteiger partial charge < -0.3 is 9.64 Å². The van der Waals surface area contributed by atoms with Crippen molar-refractivity contribution < 1.29 is 17.9 Å². The number of nitrogens with zero attached hydrogens (tertiary/aromatic N) is 2. The van der Waals surface area contributed by atoms with Gasteiger partial charge in [-0.25, -0.2) is 8.42 Å². The van der Waals surface area contributed by atoms with Gasteiger partial charge in [0.25, 0.3) is 0 Å². The maximum Gasteiger partial charge on any atom is 0.223 e. The molecule has 1 aromatic carbocycles. The van der Waals surface area contributed by atoms with Gasteiger partial charge in [-0.2, -0.15) is 4.31 Å². The highest BCUT2D eigenvalue weighted by Crippen LogP contribution is 2.35. The number of benzene rings is 1. The van der Waals surface area contributed by atoms with Gasteiger partial charge >= 0.3 is 0 Å². The van der Waals surface area contributed by atoms with Crippen LogP contribution < -0.4 is 4.74 Å². The van der Waals surface area contributed by atoms with E-state index in [0.29, 0.717) is 32.0 Å². The molecule has 0 saturated heterocycles. The molecule has 0 aromatic heterocycles. The van der Waals surface area contributed by atoms with Crippen LogP contribution in [0.1, 0.15) is 50.2 Å². The normalized spacial score (nSPS) is 22.9.